The van der Waals surface area contributed by atoms with Crippen molar-refractivity contribution in [3.8, 4) is 0 Å². The third kappa shape index (κ3) is 4.53. The minimum atomic E-state index is -0.719. The summed E-state index contributed by atoms with van der Waals surface area (Å²) in [6, 6.07) is 2.50. The van der Waals surface area contributed by atoms with E-state index in [2.05, 4.69) is 10.3 Å². The van der Waals surface area contributed by atoms with Gasteiger partial charge in [0.15, 0.2) is 5.69 Å². The topological polar surface area (TPSA) is 94.3 Å². The van der Waals surface area contributed by atoms with E-state index in [0.717, 1.165) is 0 Å². The highest BCUT2D eigenvalue weighted by Gasteiger charge is 2.26. The monoisotopic (exact) mass is 279 g/mol. The van der Waals surface area contributed by atoms with E-state index in [1.54, 1.807) is 39.8 Å². The van der Waals surface area contributed by atoms with E-state index in [-0.39, 0.29) is 11.4 Å². The van der Waals surface area contributed by atoms with Crippen LogP contribution < -0.4 is 11.1 Å². The Morgan fingerprint density at radius 3 is 2.60 bits per heavy atom. The van der Waals surface area contributed by atoms with Gasteiger partial charge in [-0.15, -0.1) is 0 Å². The van der Waals surface area contributed by atoms with Crippen molar-refractivity contribution in [3.05, 3.63) is 24.0 Å². The van der Waals surface area contributed by atoms with Gasteiger partial charge in [-0.3, -0.25) is 4.79 Å². The van der Waals surface area contributed by atoms with Crippen molar-refractivity contribution in [1.82, 2.24) is 10.3 Å². The summed E-state index contributed by atoms with van der Waals surface area (Å²) < 4.78 is 5.25. The molecule has 0 fully saturated rings. The van der Waals surface area contributed by atoms with Crippen LogP contribution in [0.1, 0.15) is 44.6 Å². The minimum Gasteiger partial charge on any atom is -0.458 e. The molecule has 0 aliphatic heterocycles. The van der Waals surface area contributed by atoms with E-state index in [4.69, 9.17) is 10.5 Å². The Hall–Kier alpha value is -2.11. The number of aromatic nitrogens is 1. The molecule has 20 heavy (non-hydrogen) atoms. The summed E-state index contributed by atoms with van der Waals surface area (Å²) in [6.45, 7) is 7.11. The van der Waals surface area contributed by atoms with Crippen LogP contribution in [0.4, 0.5) is 5.69 Å². The predicted molar refractivity (Wildman–Crippen MR) is 76.0 cm³/mol. The van der Waals surface area contributed by atoms with Gasteiger partial charge in [0.2, 0.25) is 0 Å². The summed E-state index contributed by atoms with van der Waals surface area (Å²) in [4.78, 5) is 27.9. The van der Waals surface area contributed by atoms with Crippen LogP contribution in [0.2, 0.25) is 0 Å². The second kappa shape index (κ2) is 6.36. The van der Waals surface area contributed by atoms with Crippen molar-refractivity contribution in [3.63, 3.8) is 0 Å². The SMILES string of the molecule is CCC(NC(=O)c1ncccc1N)C(=O)OC(C)(C)C. The second-order valence-corrected chi connectivity index (χ2v) is 5.41. The number of nitrogens with zero attached hydrogens (tertiary/aromatic N) is 1. The molecular weight excluding hydrogens is 258 g/mol. The number of esters is 1. The highest BCUT2D eigenvalue weighted by atomic mass is 16.6. The van der Waals surface area contributed by atoms with Crippen molar-refractivity contribution < 1.29 is 14.3 Å². The molecule has 6 nitrogen and oxygen atoms in total. The zero-order valence-corrected chi connectivity index (χ0v) is 12.3. The zero-order chi connectivity index (χ0) is 15.3. The van der Waals surface area contributed by atoms with E-state index >= 15 is 0 Å². The maximum atomic E-state index is 12.0. The second-order valence-electron chi connectivity index (χ2n) is 5.41. The highest BCUT2D eigenvalue weighted by Crippen LogP contribution is 2.11. The Bertz CT molecular complexity index is 495. The number of carbonyl (C=O) groups is 2. The predicted octanol–water partition coefficient (Wildman–Crippen LogP) is 1.51. The van der Waals surface area contributed by atoms with Crippen LogP contribution >= 0.6 is 0 Å². The first kappa shape index (κ1) is 15.9. The lowest BCUT2D eigenvalue weighted by atomic mass is 10.1. The van der Waals surface area contributed by atoms with Crippen molar-refractivity contribution in [2.24, 2.45) is 0 Å². The number of hydrogen-bond donors (Lipinski definition) is 2. The maximum Gasteiger partial charge on any atom is 0.329 e. The fraction of sp³-hybridized carbons (Fsp3) is 0.500. The van der Waals surface area contributed by atoms with Gasteiger partial charge in [-0.25, -0.2) is 9.78 Å². The highest BCUT2D eigenvalue weighted by molar-refractivity contribution is 5.99. The van der Waals surface area contributed by atoms with Crippen LogP contribution in [0.5, 0.6) is 0 Å². The van der Waals surface area contributed by atoms with Gasteiger partial charge in [-0.2, -0.15) is 0 Å². The van der Waals surface area contributed by atoms with Crippen LogP contribution in [-0.2, 0) is 9.53 Å². The Balaban J connectivity index is 2.77. The van der Waals surface area contributed by atoms with E-state index in [1.807, 2.05) is 0 Å². The van der Waals surface area contributed by atoms with E-state index in [1.165, 1.54) is 6.20 Å². The normalized spacial score (nSPS) is 12.6. The summed E-state index contributed by atoms with van der Waals surface area (Å²) in [5.41, 5.74) is 5.45. The Kier molecular flexibility index (Phi) is 5.07. The summed E-state index contributed by atoms with van der Waals surface area (Å²) in [7, 11) is 0. The van der Waals surface area contributed by atoms with Gasteiger partial charge in [0.1, 0.15) is 11.6 Å². The number of nitrogens with two attached hydrogens (primary N) is 1. The smallest absolute Gasteiger partial charge is 0.329 e. The van der Waals surface area contributed by atoms with Gasteiger partial charge in [0, 0.05) is 6.20 Å². The fourth-order valence-electron chi connectivity index (χ4n) is 1.53. The molecule has 0 radical (unpaired) electrons. The number of carbonyl (C=O) groups excluding carboxylic acids is 2. The lowest BCUT2D eigenvalue weighted by Gasteiger charge is -2.23. The molecule has 1 amide bonds. The number of nitrogens with one attached hydrogen (secondary N) is 1. The molecule has 110 valence electrons. The average molecular weight is 279 g/mol. The lowest BCUT2D eigenvalue weighted by molar-refractivity contribution is -0.157. The number of pyridine rings is 1. The molecule has 1 atom stereocenters. The zero-order valence-electron chi connectivity index (χ0n) is 12.3. The molecule has 0 bridgehead atoms. The first-order valence-corrected chi connectivity index (χ1v) is 6.49. The number of ether oxygens (including phenoxy) is 1. The van der Waals surface area contributed by atoms with Gasteiger partial charge in [0.05, 0.1) is 5.69 Å². The molecule has 3 N–H and O–H groups in total. The molecule has 1 aromatic heterocycles. The number of nitrogen functional groups attached to an aromatic ring is 1. The number of anilines is 1. The van der Waals surface area contributed by atoms with Gasteiger partial charge < -0.3 is 15.8 Å². The molecule has 0 aliphatic rings. The van der Waals surface area contributed by atoms with Crippen molar-refractivity contribution in [2.45, 2.75) is 45.8 Å². The molecular formula is C14H21N3O3. The molecule has 0 aliphatic carbocycles. The van der Waals surface area contributed by atoms with Gasteiger partial charge in [0.25, 0.3) is 5.91 Å². The van der Waals surface area contributed by atoms with Crippen LogP contribution in [0, 0.1) is 0 Å². The summed E-state index contributed by atoms with van der Waals surface area (Å²) in [5, 5.41) is 2.59. The molecule has 0 saturated heterocycles. The molecule has 6 heteroatoms. The molecule has 1 heterocycles. The summed E-state index contributed by atoms with van der Waals surface area (Å²) >= 11 is 0. The van der Waals surface area contributed by atoms with Gasteiger partial charge >= 0.3 is 5.97 Å². The van der Waals surface area contributed by atoms with Crippen LogP contribution in [0.15, 0.2) is 18.3 Å². The van der Waals surface area contributed by atoms with Crippen molar-refractivity contribution in [1.29, 1.82) is 0 Å². The van der Waals surface area contributed by atoms with E-state index in [0.29, 0.717) is 6.42 Å². The van der Waals surface area contributed by atoms with Crippen molar-refractivity contribution >= 4 is 17.6 Å². The molecule has 0 spiro atoms. The first-order chi connectivity index (χ1) is 9.24. The molecule has 1 aromatic rings. The lowest BCUT2D eigenvalue weighted by Crippen LogP contribution is -2.44. The Morgan fingerprint density at radius 2 is 2.10 bits per heavy atom. The van der Waals surface area contributed by atoms with E-state index < -0.39 is 23.5 Å². The first-order valence-electron chi connectivity index (χ1n) is 6.49. The third-order valence-electron chi connectivity index (χ3n) is 2.46. The van der Waals surface area contributed by atoms with Crippen LogP contribution in [0.25, 0.3) is 0 Å². The summed E-state index contributed by atoms with van der Waals surface area (Å²) in [6.07, 6.45) is 1.90. The molecule has 0 saturated carbocycles. The number of hydrogen-bond acceptors (Lipinski definition) is 5. The van der Waals surface area contributed by atoms with E-state index in [9.17, 15) is 9.59 Å². The summed E-state index contributed by atoms with van der Waals surface area (Å²) in [5.74, 6) is -0.955. The van der Waals surface area contributed by atoms with Crippen LogP contribution in [-0.4, -0.2) is 28.5 Å². The average Bonchev–Trinajstić information content (AvgIpc) is 2.33. The standard InChI is InChI=1S/C14H21N3O3/c1-5-10(13(19)20-14(2,3)4)17-12(18)11-9(15)7-6-8-16-11/h6-8,10H,5,15H2,1-4H3,(H,17,18). The van der Waals surface area contributed by atoms with Crippen molar-refractivity contribution in [2.75, 3.05) is 5.73 Å². The van der Waals surface area contributed by atoms with Gasteiger partial charge in [-0.05, 0) is 39.3 Å². The number of amides is 1. The van der Waals surface area contributed by atoms with Crippen LogP contribution in [0.3, 0.4) is 0 Å². The molecule has 0 aromatic carbocycles. The van der Waals surface area contributed by atoms with Gasteiger partial charge in [-0.1, -0.05) is 6.92 Å². The third-order valence-corrected chi connectivity index (χ3v) is 2.46. The Labute approximate surface area is 118 Å². The fourth-order valence-corrected chi connectivity index (χ4v) is 1.53. The molecule has 1 rings (SSSR count). The largest absolute Gasteiger partial charge is 0.458 e. The number of rotatable bonds is 4. The Morgan fingerprint density at radius 1 is 1.45 bits per heavy atom. The minimum absolute atomic E-state index is 0.106. The quantitative estimate of drug-likeness (QED) is 0.815. The maximum absolute atomic E-state index is 12.0. The molecule has 1 unspecified atom stereocenters.